The summed E-state index contributed by atoms with van der Waals surface area (Å²) in [4.78, 5) is 60.4. The van der Waals surface area contributed by atoms with Crippen molar-refractivity contribution in [2.45, 2.75) is 39.3 Å². The Morgan fingerprint density at radius 3 is 2.44 bits per heavy atom. The van der Waals surface area contributed by atoms with Gasteiger partial charge in [-0.05, 0) is 57.6 Å². The minimum atomic E-state index is -0.756. The zero-order valence-corrected chi connectivity index (χ0v) is 26.1. The standard InChI is InChI=1S/C31H31BrN6O5/c1-31(2)14-20-24(22(39)15-31)25(17-10-12-18(43-5)13-11-17)38(21-9-7-6-8-19(21)33-20)23(40)16-37-26-27(34-29(37)32)35(3)30(42)36(4)28(26)41/h6-13,25,33H,14-16H2,1-5H3/t25-/m0/s1. The second-order valence-corrected chi connectivity index (χ2v) is 12.5. The molecule has 1 N–H and O–H groups in total. The van der Waals surface area contributed by atoms with Crippen LogP contribution in [0.5, 0.6) is 5.75 Å². The molecule has 2 aromatic heterocycles. The number of rotatable bonds is 4. The largest absolute Gasteiger partial charge is 0.497 e. The van der Waals surface area contributed by atoms with Crippen LogP contribution in [-0.4, -0.2) is 37.5 Å². The maximum Gasteiger partial charge on any atom is 0.332 e. The van der Waals surface area contributed by atoms with E-state index in [1.165, 1.54) is 23.2 Å². The van der Waals surface area contributed by atoms with E-state index in [9.17, 15) is 19.2 Å². The van der Waals surface area contributed by atoms with Gasteiger partial charge in [0.05, 0.1) is 24.5 Å². The van der Waals surface area contributed by atoms with E-state index in [0.29, 0.717) is 35.5 Å². The van der Waals surface area contributed by atoms with Gasteiger partial charge in [0.1, 0.15) is 12.3 Å². The quantitative estimate of drug-likeness (QED) is 0.332. The first-order valence-electron chi connectivity index (χ1n) is 13.8. The van der Waals surface area contributed by atoms with Crippen LogP contribution >= 0.6 is 15.9 Å². The lowest BCUT2D eigenvalue weighted by molar-refractivity contribution is -0.120. The Hall–Kier alpha value is -4.45. The molecule has 0 bridgehead atoms. The number of methoxy groups -OCH3 is 1. The summed E-state index contributed by atoms with van der Waals surface area (Å²) in [5.74, 6) is 0.231. The lowest BCUT2D eigenvalue weighted by atomic mass is 9.73. The number of nitrogens with one attached hydrogen (secondary N) is 1. The van der Waals surface area contributed by atoms with Crippen molar-refractivity contribution in [1.29, 1.82) is 0 Å². The summed E-state index contributed by atoms with van der Waals surface area (Å²) in [7, 11) is 4.49. The van der Waals surface area contributed by atoms with Gasteiger partial charge in [-0.2, -0.15) is 0 Å². The summed E-state index contributed by atoms with van der Waals surface area (Å²) >= 11 is 3.41. The smallest absolute Gasteiger partial charge is 0.332 e. The first kappa shape index (κ1) is 28.7. The van der Waals surface area contributed by atoms with Gasteiger partial charge >= 0.3 is 5.69 Å². The molecule has 0 fully saturated rings. The molecule has 11 nitrogen and oxygen atoms in total. The molecule has 0 saturated heterocycles. The van der Waals surface area contributed by atoms with Gasteiger partial charge in [0.25, 0.3) is 5.56 Å². The van der Waals surface area contributed by atoms with Crippen LogP contribution in [0.4, 0.5) is 11.4 Å². The lowest BCUT2D eigenvalue weighted by Gasteiger charge is -2.37. The van der Waals surface area contributed by atoms with E-state index in [2.05, 4.69) is 40.1 Å². The number of allylic oxidation sites excluding steroid dienone is 1. The first-order valence-corrected chi connectivity index (χ1v) is 14.6. The third-order valence-electron chi connectivity index (χ3n) is 8.20. The van der Waals surface area contributed by atoms with E-state index in [4.69, 9.17) is 4.74 Å². The molecule has 0 saturated carbocycles. The van der Waals surface area contributed by atoms with Gasteiger partial charge in [-0.3, -0.25) is 28.4 Å². The fourth-order valence-corrected chi connectivity index (χ4v) is 6.61. The Balaban J connectivity index is 1.57. The number of imidazole rings is 1. The number of nitrogens with zero attached hydrogens (tertiary/aromatic N) is 5. The van der Waals surface area contributed by atoms with Crippen LogP contribution in [0.25, 0.3) is 11.2 Å². The Morgan fingerprint density at radius 2 is 1.74 bits per heavy atom. The first-order chi connectivity index (χ1) is 20.4. The SMILES string of the molecule is COc1ccc([C@H]2C3=C(CC(C)(C)CC3=O)Nc3ccccc3N2C(=O)Cn2c(Br)nc3c2c(=O)n(C)c(=O)n3C)cc1. The molecule has 0 radical (unpaired) electrons. The second kappa shape index (κ2) is 10.4. The Morgan fingerprint density at radius 1 is 1.05 bits per heavy atom. The van der Waals surface area contributed by atoms with Crippen LogP contribution in [0.1, 0.15) is 38.3 Å². The van der Waals surface area contributed by atoms with Gasteiger partial charge in [-0.1, -0.05) is 38.1 Å². The average molecular weight is 648 g/mol. The van der Waals surface area contributed by atoms with Crippen LogP contribution in [-0.2, 0) is 30.2 Å². The molecular weight excluding hydrogens is 616 g/mol. The predicted octanol–water partition coefficient (Wildman–Crippen LogP) is 4.05. The maximum atomic E-state index is 14.6. The van der Waals surface area contributed by atoms with Crippen LogP contribution in [0.3, 0.4) is 0 Å². The Kier molecular flexibility index (Phi) is 6.91. The molecule has 1 aliphatic carbocycles. The number of benzene rings is 2. The molecule has 3 heterocycles. The molecule has 0 unspecified atom stereocenters. The average Bonchev–Trinajstić information content (AvgIpc) is 3.21. The van der Waals surface area contributed by atoms with Crippen molar-refractivity contribution >= 4 is 50.2 Å². The highest BCUT2D eigenvalue weighted by Gasteiger charge is 2.43. The molecule has 1 atom stereocenters. The molecule has 1 aliphatic heterocycles. The summed E-state index contributed by atoms with van der Waals surface area (Å²) < 4.78 is 9.34. The van der Waals surface area contributed by atoms with Crippen LogP contribution in [0.15, 0.2) is 74.1 Å². The van der Waals surface area contributed by atoms with Gasteiger partial charge < -0.3 is 14.6 Å². The summed E-state index contributed by atoms with van der Waals surface area (Å²) in [6.45, 7) is 3.84. The van der Waals surface area contributed by atoms with Crippen LogP contribution in [0, 0.1) is 5.41 Å². The molecule has 12 heteroatoms. The third kappa shape index (κ3) is 4.69. The fraction of sp³-hybridized carbons (Fsp3) is 0.323. The Bertz CT molecular complexity index is 1970. The van der Waals surface area contributed by atoms with Crippen molar-refractivity contribution in [3.05, 3.63) is 90.9 Å². The number of Topliss-reactive ketones (excluding diaryl/α,β-unsaturated/α-hetero) is 1. The highest BCUT2D eigenvalue weighted by atomic mass is 79.9. The molecule has 6 rings (SSSR count). The highest BCUT2D eigenvalue weighted by Crippen LogP contribution is 2.48. The normalized spacial score (nSPS) is 17.8. The van der Waals surface area contributed by atoms with E-state index in [1.807, 2.05) is 48.5 Å². The molecule has 1 amide bonds. The molecule has 43 heavy (non-hydrogen) atoms. The molecular formula is C31H31BrN6O5. The number of carbonyl (C=O) groups is 2. The van der Waals surface area contributed by atoms with Crippen molar-refractivity contribution in [2.75, 3.05) is 17.3 Å². The zero-order valence-electron chi connectivity index (χ0n) is 24.5. The van der Waals surface area contributed by atoms with Gasteiger partial charge in [0.15, 0.2) is 21.7 Å². The minimum Gasteiger partial charge on any atom is -0.497 e. The van der Waals surface area contributed by atoms with Gasteiger partial charge in [0, 0.05) is 31.8 Å². The van der Waals surface area contributed by atoms with E-state index < -0.39 is 17.3 Å². The monoisotopic (exact) mass is 646 g/mol. The number of ketones is 1. The summed E-state index contributed by atoms with van der Waals surface area (Å²) in [5.41, 5.74) is 2.25. The van der Waals surface area contributed by atoms with E-state index in [1.54, 1.807) is 12.0 Å². The van der Waals surface area contributed by atoms with Crippen LogP contribution < -0.4 is 26.2 Å². The number of fused-ring (bicyclic) bond motifs is 2. The minimum absolute atomic E-state index is 0.0386. The van der Waals surface area contributed by atoms with E-state index in [-0.39, 0.29) is 39.5 Å². The van der Waals surface area contributed by atoms with Crippen molar-refractivity contribution in [1.82, 2.24) is 18.7 Å². The molecule has 222 valence electrons. The van der Waals surface area contributed by atoms with Gasteiger partial charge in [-0.25, -0.2) is 9.78 Å². The van der Waals surface area contributed by atoms with Crippen molar-refractivity contribution in [3.8, 4) is 5.75 Å². The van der Waals surface area contributed by atoms with Gasteiger partial charge in [-0.15, -0.1) is 0 Å². The van der Waals surface area contributed by atoms with E-state index >= 15 is 0 Å². The number of hydrogen-bond acceptors (Lipinski definition) is 7. The number of para-hydroxylation sites is 2. The number of aromatic nitrogens is 4. The number of ether oxygens (including phenoxy) is 1. The highest BCUT2D eigenvalue weighted by molar-refractivity contribution is 9.10. The number of aryl methyl sites for hydroxylation is 1. The maximum absolute atomic E-state index is 14.6. The van der Waals surface area contributed by atoms with Crippen molar-refractivity contribution in [3.63, 3.8) is 0 Å². The number of hydrogen-bond donors (Lipinski definition) is 1. The zero-order chi connectivity index (χ0) is 30.8. The topological polar surface area (TPSA) is 120 Å². The van der Waals surface area contributed by atoms with E-state index in [0.717, 1.165) is 15.8 Å². The summed E-state index contributed by atoms with van der Waals surface area (Å²) in [5, 5.41) is 3.51. The molecule has 2 aromatic carbocycles. The molecule has 4 aromatic rings. The number of amides is 1. The number of halogens is 1. The van der Waals surface area contributed by atoms with Crippen molar-refractivity contribution < 1.29 is 14.3 Å². The predicted molar refractivity (Wildman–Crippen MR) is 166 cm³/mol. The summed E-state index contributed by atoms with van der Waals surface area (Å²) in [6, 6.07) is 14.0. The molecule has 0 spiro atoms. The van der Waals surface area contributed by atoms with Gasteiger partial charge in [0.2, 0.25) is 5.91 Å². The Labute approximate surface area is 255 Å². The van der Waals surface area contributed by atoms with Crippen molar-refractivity contribution in [2.24, 2.45) is 19.5 Å². The summed E-state index contributed by atoms with van der Waals surface area (Å²) in [6.07, 6.45) is 0.958. The second-order valence-electron chi connectivity index (χ2n) is 11.8. The fourth-order valence-electron chi connectivity index (χ4n) is 6.14. The third-order valence-corrected chi connectivity index (χ3v) is 8.80. The lowest BCUT2D eigenvalue weighted by Crippen LogP contribution is -2.41. The van der Waals surface area contributed by atoms with Crippen LogP contribution in [0.2, 0.25) is 0 Å². The number of anilines is 2. The number of carbonyl (C=O) groups excluding carboxylic acids is 2. The molecule has 2 aliphatic rings.